The molecule has 3 unspecified atom stereocenters. The summed E-state index contributed by atoms with van der Waals surface area (Å²) in [6, 6.07) is 13.3. The lowest BCUT2D eigenvalue weighted by Gasteiger charge is -2.54. The Balaban J connectivity index is 1.60. The minimum atomic E-state index is -0.697. The van der Waals surface area contributed by atoms with Crippen LogP contribution in [-0.2, 0) is 4.79 Å². The van der Waals surface area contributed by atoms with Gasteiger partial charge in [-0.25, -0.2) is 0 Å². The summed E-state index contributed by atoms with van der Waals surface area (Å²) in [4.78, 5) is 13.3. The minimum Gasteiger partial charge on any atom is -0.507 e. The fourth-order valence-electron chi connectivity index (χ4n) is 5.42. The van der Waals surface area contributed by atoms with E-state index in [-0.39, 0.29) is 23.5 Å². The van der Waals surface area contributed by atoms with Gasteiger partial charge in [-0.2, -0.15) is 0 Å². The molecule has 6 heteroatoms. The zero-order chi connectivity index (χ0) is 22.3. The molecule has 2 aromatic carbocycles. The van der Waals surface area contributed by atoms with Crippen LogP contribution in [-0.4, -0.2) is 31.0 Å². The van der Waals surface area contributed by atoms with Gasteiger partial charge in [0, 0.05) is 29.4 Å². The first-order chi connectivity index (χ1) is 15.6. The molecule has 1 amide bonds. The maximum atomic E-state index is 13.3. The largest absolute Gasteiger partial charge is 0.507 e. The summed E-state index contributed by atoms with van der Waals surface area (Å²) in [7, 11) is 3.19. The third-order valence-electron chi connectivity index (χ3n) is 6.88. The molecule has 2 aromatic rings. The van der Waals surface area contributed by atoms with Gasteiger partial charge in [0.1, 0.15) is 23.0 Å². The van der Waals surface area contributed by atoms with Crippen LogP contribution < -0.4 is 19.5 Å². The number of allylic oxidation sites excluding steroid dienone is 1. The Morgan fingerprint density at radius 1 is 1.19 bits per heavy atom. The number of amides is 1. The highest BCUT2D eigenvalue weighted by Crippen LogP contribution is 2.55. The molecule has 5 rings (SSSR count). The number of methoxy groups -OCH3 is 2. The smallest absolute Gasteiger partial charge is 0.254 e. The molecule has 3 atom stereocenters. The van der Waals surface area contributed by atoms with Crippen molar-refractivity contribution in [1.82, 2.24) is 5.32 Å². The minimum absolute atomic E-state index is 0.0479. The molecular formula is C26H27NO5. The van der Waals surface area contributed by atoms with E-state index in [1.807, 2.05) is 36.4 Å². The standard InChI is InChI=1S/C26H27NO5/c1-30-17-11-13-21(31-2)16(15-17)10-12-20(28)24-23-18-7-3-4-9-22(18)32-26(27-25(24)29)14-6-5-8-19(23)26/h3-4,7,9-13,15,19,23,28H,5-6,8,14H2,1-2H3,(H,27,29)/b12-10?,24-20-. The second-order valence-electron chi connectivity index (χ2n) is 8.55. The van der Waals surface area contributed by atoms with Gasteiger partial charge in [0.25, 0.3) is 5.91 Å². The van der Waals surface area contributed by atoms with Crippen molar-refractivity contribution in [2.75, 3.05) is 14.2 Å². The molecule has 166 valence electrons. The molecule has 1 saturated carbocycles. The summed E-state index contributed by atoms with van der Waals surface area (Å²) in [5, 5.41) is 14.3. The van der Waals surface area contributed by atoms with Gasteiger partial charge < -0.3 is 24.6 Å². The summed E-state index contributed by atoms with van der Waals surface area (Å²) >= 11 is 0. The van der Waals surface area contributed by atoms with Crippen molar-refractivity contribution >= 4 is 12.0 Å². The van der Waals surface area contributed by atoms with E-state index in [9.17, 15) is 9.90 Å². The lowest BCUT2D eigenvalue weighted by Crippen LogP contribution is -2.66. The van der Waals surface area contributed by atoms with Gasteiger partial charge in [-0.1, -0.05) is 24.6 Å². The Morgan fingerprint density at radius 2 is 2.03 bits per heavy atom. The molecule has 0 radical (unpaired) electrons. The molecule has 2 aliphatic heterocycles. The number of piperidine rings is 1. The Hall–Kier alpha value is -3.41. The van der Waals surface area contributed by atoms with Crippen molar-refractivity contribution in [3.63, 3.8) is 0 Å². The molecule has 2 heterocycles. The van der Waals surface area contributed by atoms with Crippen LogP contribution in [0.1, 0.15) is 42.7 Å². The number of para-hydroxylation sites is 1. The fourth-order valence-corrected chi connectivity index (χ4v) is 5.42. The lowest BCUT2D eigenvalue weighted by atomic mass is 9.64. The Labute approximate surface area is 187 Å². The van der Waals surface area contributed by atoms with Crippen LogP contribution in [0.5, 0.6) is 17.2 Å². The lowest BCUT2D eigenvalue weighted by molar-refractivity contribution is -0.140. The van der Waals surface area contributed by atoms with Crippen molar-refractivity contribution in [2.45, 2.75) is 37.3 Å². The quantitative estimate of drug-likeness (QED) is 0.539. The van der Waals surface area contributed by atoms with Crippen LogP contribution in [0, 0.1) is 5.92 Å². The van der Waals surface area contributed by atoms with Gasteiger partial charge >= 0.3 is 0 Å². The van der Waals surface area contributed by atoms with Crippen molar-refractivity contribution in [1.29, 1.82) is 0 Å². The number of ether oxygens (including phenoxy) is 3. The average molecular weight is 434 g/mol. The maximum absolute atomic E-state index is 13.3. The number of hydrogen-bond acceptors (Lipinski definition) is 5. The summed E-state index contributed by atoms with van der Waals surface area (Å²) < 4.78 is 17.1. The number of fused-ring (bicyclic) bond motifs is 2. The third kappa shape index (κ3) is 3.22. The van der Waals surface area contributed by atoms with Crippen molar-refractivity contribution in [2.24, 2.45) is 5.92 Å². The van der Waals surface area contributed by atoms with E-state index >= 15 is 0 Å². The first kappa shape index (κ1) is 20.5. The van der Waals surface area contributed by atoms with Crippen LogP contribution in [0.25, 0.3) is 6.08 Å². The number of hydrogen-bond donors (Lipinski definition) is 2. The van der Waals surface area contributed by atoms with E-state index in [1.54, 1.807) is 32.4 Å². The van der Waals surface area contributed by atoms with Crippen molar-refractivity contribution in [3.05, 3.63) is 71.0 Å². The second-order valence-corrected chi connectivity index (χ2v) is 8.55. The molecule has 1 saturated heterocycles. The fraction of sp³-hybridized carbons (Fsp3) is 0.346. The maximum Gasteiger partial charge on any atom is 0.254 e. The van der Waals surface area contributed by atoms with Gasteiger partial charge in [0.2, 0.25) is 0 Å². The Bertz CT molecular complexity index is 1120. The predicted octanol–water partition coefficient (Wildman–Crippen LogP) is 4.72. The van der Waals surface area contributed by atoms with Gasteiger partial charge in [-0.05, 0) is 49.3 Å². The first-order valence-corrected chi connectivity index (χ1v) is 11.0. The molecule has 2 N–H and O–H groups in total. The molecule has 0 aromatic heterocycles. The zero-order valence-corrected chi connectivity index (χ0v) is 18.3. The first-order valence-electron chi connectivity index (χ1n) is 11.0. The van der Waals surface area contributed by atoms with Crippen LogP contribution in [0.2, 0.25) is 0 Å². The van der Waals surface area contributed by atoms with Crippen LogP contribution >= 0.6 is 0 Å². The highest BCUT2D eigenvalue weighted by Gasteiger charge is 2.57. The number of rotatable bonds is 4. The molecule has 6 nitrogen and oxygen atoms in total. The molecule has 1 aliphatic carbocycles. The van der Waals surface area contributed by atoms with Gasteiger partial charge in [0.05, 0.1) is 19.8 Å². The van der Waals surface area contributed by atoms with E-state index in [4.69, 9.17) is 14.2 Å². The Kier molecular flexibility index (Phi) is 5.08. The monoisotopic (exact) mass is 433 g/mol. The molecule has 2 fully saturated rings. The number of benzene rings is 2. The predicted molar refractivity (Wildman–Crippen MR) is 121 cm³/mol. The van der Waals surface area contributed by atoms with E-state index in [1.165, 1.54) is 0 Å². The molecule has 0 spiro atoms. The molecule has 3 aliphatic rings. The average Bonchev–Trinajstić information content (AvgIpc) is 2.81. The van der Waals surface area contributed by atoms with E-state index in [0.717, 1.165) is 42.6 Å². The van der Waals surface area contributed by atoms with E-state index in [0.29, 0.717) is 17.1 Å². The molecular weight excluding hydrogens is 406 g/mol. The number of aliphatic hydroxyl groups excluding tert-OH is 1. The highest BCUT2D eigenvalue weighted by atomic mass is 16.5. The van der Waals surface area contributed by atoms with E-state index < -0.39 is 5.72 Å². The normalized spacial score (nSPS) is 27.6. The summed E-state index contributed by atoms with van der Waals surface area (Å²) in [6.45, 7) is 0. The van der Waals surface area contributed by atoms with E-state index in [2.05, 4.69) is 5.32 Å². The number of carbonyl (C=O) groups is 1. The van der Waals surface area contributed by atoms with Gasteiger partial charge in [-0.15, -0.1) is 0 Å². The van der Waals surface area contributed by atoms with Crippen molar-refractivity contribution in [3.8, 4) is 17.2 Å². The zero-order valence-electron chi connectivity index (χ0n) is 18.3. The van der Waals surface area contributed by atoms with Crippen molar-refractivity contribution < 1.29 is 24.1 Å². The van der Waals surface area contributed by atoms with Crippen LogP contribution in [0.15, 0.2) is 59.9 Å². The molecule has 32 heavy (non-hydrogen) atoms. The summed E-state index contributed by atoms with van der Waals surface area (Å²) in [5.74, 6) is 1.65. The second kappa shape index (κ2) is 7.93. The summed E-state index contributed by atoms with van der Waals surface area (Å²) in [5.41, 5.74) is 1.40. The summed E-state index contributed by atoms with van der Waals surface area (Å²) in [6.07, 6.45) is 7.11. The van der Waals surface area contributed by atoms with Gasteiger partial charge in [-0.3, -0.25) is 4.79 Å². The van der Waals surface area contributed by atoms with Crippen LogP contribution in [0.4, 0.5) is 0 Å². The topological polar surface area (TPSA) is 77.0 Å². The van der Waals surface area contributed by atoms with Crippen LogP contribution in [0.3, 0.4) is 0 Å². The van der Waals surface area contributed by atoms with Gasteiger partial charge in [0.15, 0.2) is 5.72 Å². The Morgan fingerprint density at radius 3 is 2.84 bits per heavy atom. The number of nitrogens with one attached hydrogen (secondary N) is 1. The number of aliphatic hydroxyl groups is 1. The number of carbonyl (C=O) groups excluding carboxylic acids is 1. The molecule has 2 bridgehead atoms. The third-order valence-corrected chi connectivity index (χ3v) is 6.88. The SMILES string of the molecule is COc1ccc(OC)c(C=C/C(O)=C2/C(=O)NC34CCCCC3C2c2ccccc2O4)c1. The highest BCUT2D eigenvalue weighted by molar-refractivity contribution is 5.98.